The Kier molecular flexibility index (Phi) is 3.09. The first kappa shape index (κ1) is 12.7. The SMILES string of the molecule is Cc1ccc(S(=O)(=O)N/N=C2/CC[C@@H]3CC[C@@H]23)cc1. The third-order valence-corrected chi connectivity index (χ3v) is 5.48. The fourth-order valence-electron chi connectivity index (χ4n) is 2.90. The van der Waals surface area contributed by atoms with Crippen molar-refractivity contribution in [3.05, 3.63) is 29.8 Å². The summed E-state index contributed by atoms with van der Waals surface area (Å²) in [6.07, 6.45) is 4.53. The fourth-order valence-corrected chi connectivity index (χ4v) is 3.74. The lowest BCUT2D eigenvalue weighted by molar-refractivity contribution is 0.265. The van der Waals surface area contributed by atoms with Gasteiger partial charge in [0.15, 0.2) is 0 Å². The van der Waals surface area contributed by atoms with Gasteiger partial charge in [-0.05, 0) is 50.7 Å². The third-order valence-electron chi connectivity index (χ3n) is 4.26. The Labute approximate surface area is 114 Å². The highest BCUT2D eigenvalue weighted by Gasteiger charge is 2.39. The maximum absolute atomic E-state index is 12.1. The van der Waals surface area contributed by atoms with E-state index in [9.17, 15) is 8.42 Å². The molecule has 0 radical (unpaired) electrons. The molecule has 2 fully saturated rings. The van der Waals surface area contributed by atoms with Crippen molar-refractivity contribution in [2.75, 3.05) is 0 Å². The number of nitrogens with zero attached hydrogens (tertiary/aromatic N) is 1. The molecule has 0 aromatic heterocycles. The van der Waals surface area contributed by atoms with E-state index in [0.717, 1.165) is 36.5 Å². The quantitative estimate of drug-likeness (QED) is 0.863. The number of hydrogen-bond acceptors (Lipinski definition) is 3. The van der Waals surface area contributed by atoms with Gasteiger partial charge < -0.3 is 0 Å². The van der Waals surface area contributed by atoms with Crippen molar-refractivity contribution in [3.63, 3.8) is 0 Å². The molecule has 0 saturated heterocycles. The summed E-state index contributed by atoms with van der Waals surface area (Å²) in [6, 6.07) is 6.80. The highest BCUT2D eigenvalue weighted by atomic mass is 32.2. The van der Waals surface area contributed by atoms with Crippen LogP contribution in [-0.2, 0) is 10.0 Å². The monoisotopic (exact) mass is 278 g/mol. The van der Waals surface area contributed by atoms with Crippen LogP contribution in [0.15, 0.2) is 34.3 Å². The van der Waals surface area contributed by atoms with Gasteiger partial charge in [0, 0.05) is 11.6 Å². The van der Waals surface area contributed by atoms with Crippen molar-refractivity contribution in [2.45, 2.75) is 37.5 Å². The molecule has 0 heterocycles. The van der Waals surface area contributed by atoms with Crippen LogP contribution >= 0.6 is 0 Å². The Morgan fingerprint density at radius 1 is 1.16 bits per heavy atom. The summed E-state index contributed by atoms with van der Waals surface area (Å²) < 4.78 is 24.2. The highest BCUT2D eigenvalue weighted by Crippen LogP contribution is 2.44. The van der Waals surface area contributed by atoms with Crippen molar-refractivity contribution in [1.29, 1.82) is 0 Å². The average Bonchev–Trinajstić information content (AvgIpc) is 2.62. The van der Waals surface area contributed by atoms with E-state index in [1.807, 2.05) is 6.92 Å². The minimum absolute atomic E-state index is 0.269. The Morgan fingerprint density at radius 3 is 2.47 bits per heavy atom. The topological polar surface area (TPSA) is 58.5 Å². The highest BCUT2D eigenvalue weighted by molar-refractivity contribution is 7.89. The van der Waals surface area contributed by atoms with Crippen LogP contribution in [0, 0.1) is 18.8 Å². The molecular weight excluding hydrogens is 260 g/mol. The first-order valence-corrected chi connectivity index (χ1v) is 8.19. The normalized spacial score (nSPS) is 27.9. The van der Waals surface area contributed by atoms with Gasteiger partial charge in [0.1, 0.15) is 0 Å². The molecule has 3 rings (SSSR count). The molecule has 2 aliphatic carbocycles. The zero-order chi connectivity index (χ0) is 13.5. The van der Waals surface area contributed by atoms with E-state index in [1.165, 1.54) is 6.42 Å². The van der Waals surface area contributed by atoms with E-state index < -0.39 is 10.0 Å². The van der Waals surface area contributed by atoms with Crippen LogP contribution in [0.1, 0.15) is 31.2 Å². The van der Waals surface area contributed by atoms with Crippen molar-refractivity contribution in [1.82, 2.24) is 4.83 Å². The third kappa shape index (κ3) is 2.39. The number of fused-ring (bicyclic) bond motifs is 1. The second-order valence-corrected chi connectivity index (χ2v) is 7.15. The van der Waals surface area contributed by atoms with Crippen LogP contribution in [0.2, 0.25) is 0 Å². The maximum Gasteiger partial charge on any atom is 0.276 e. The van der Waals surface area contributed by atoms with Gasteiger partial charge >= 0.3 is 0 Å². The Bertz CT molecular complexity index is 605. The van der Waals surface area contributed by atoms with E-state index in [1.54, 1.807) is 24.3 Å². The number of aryl methyl sites for hydroxylation is 1. The van der Waals surface area contributed by atoms with Gasteiger partial charge in [-0.2, -0.15) is 13.5 Å². The number of hydrogen-bond donors (Lipinski definition) is 1. The van der Waals surface area contributed by atoms with Crippen LogP contribution in [0.4, 0.5) is 0 Å². The first-order chi connectivity index (χ1) is 9.06. The lowest BCUT2D eigenvalue weighted by Gasteiger charge is -2.29. The van der Waals surface area contributed by atoms with Crippen LogP contribution < -0.4 is 4.83 Å². The molecule has 1 N–H and O–H groups in total. The summed E-state index contributed by atoms with van der Waals surface area (Å²) >= 11 is 0. The van der Waals surface area contributed by atoms with E-state index in [4.69, 9.17) is 0 Å². The lowest BCUT2D eigenvalue weighted by atomic mass is 9.76. The standard InChI is InChI=1S/C14H18N2O2S/c1-10-2-6-12(7-3-10)19(17,18)16-15-14-9-5-11-4-8-13(11)14/h2-3,6-7,11,13,16H,4-5,8-9H2,1H3/b15-14-/t11-,13+/m0/s1. The number of nitrogens with one attached hydrogen (secondary N) is 1. The van der Waals surface area contributed by atoms with E-state index in [-0.39, 0.29) is 4.90 Å². The van der Waals surface area contributed by atoms with E-state index >= 15 is 0 Å². The summed E-state index contributed by atoms with van der Waals surface area (Å²) in [5, 5.41) is 4.16. The predicted molar refractivity (Wildman–Crippen MR) is 74.4 cm³/mol. The van der Waals surface area contributed by atoms with Gasteiger partial charge in [-0.1, -0.05) is 17.7 Å². The second-order valence-electron chi connectivity index (χ2n) is 5.49. The first-order valence-electron chi connectivity index (χ1n) is 6.71. The smallest absolute Gasteiger partial charge is 0.200 e. The molecule has 0 amide bonds. The van der Waals surface area contributed by atoms with Gasteiger partial charge in [0.2, 0.25) is 0 Å². The molecular formula is C14H18N2O2S. The molecule has 1 aromatic rings. The zero-order valence-electron chi connectivity index (χ0n) is 11.0. The number of sulfonamides is 1. The Hall–Kier alpha value is -1.36. The van der Waals surface area contributed by atoms with Crippen LogP contribution in [-0.4, -0.2) is 14.1 Å². The number of hydrazone groups is 1. The van der Waals surface area contributed by atoms with Crippen LogP contribution in [0.25, 0.3) is 0 Å². The number of benzene rings is 1. The summed E-state index contributed by atoms with van der Waals surface area (Å²) in [5.74, 6) is 1.28. The molecule has 5 heteroatoms. The van der Waals surface area contributed by atoms with Crippen molar-refractivity contribution >= 4 is 15.7 Å². The summed E-state index contributed by atoms with van der Waals surface area (Å²) in [4.78, 5) is 2.65. The molecule has 2 atom stereocenters. The summed E-state index contributed by atoms with van der Waals surface area (Å²) in [6.45, 7) is 1.93. The molecule has 102 valence electrons. The summed E-state index contributed by atoms with van der Waals surface area (Å²) in [7, 11) is -3.52. The fraction of sp³-hybridized carbons (Fsp3) is 0.500. The Morgan fingerprint density at radius 2 is 1.89 bits per heavy atom. The van der Waals surface area contributed by atoms with E-state index in [2.05, 4.69) is 9.93 Å². The van der Waals surface area contributed by atoms with Gasteiger partial charge in [-0.25, -0.2) is 4.83 Å². The van der Waals surface area contributed by atoms with Gasteiger partial charge in [0.05, 0.1) is 4.90 Å². The zero-order valence-corrected chi connectivity index (χ0v) is 11.8. The molecule has 0 aliphatic heterocycles. The molecule has 2 saturated carbocycles. The lowest BCUT2D eigenvalue weighted by Crippen LogP contribution is -2.27. The largest absolute Gasteiger partial charge is 0.276 e. The van der Waals surface area contributed by atoms with Crippen molar-refractivity contribution in [3.8, 4) is 0 Å². The summed E-state index contributed by atoms with van der Waals surface area (Å²) in [5.41, 5.74) is 2.07. The minimum Gasteiger partial charge on any atom is -0.200 e. The minimum atomic E-state index is -3.52. The second kappa shape index (κ2) is 4.63. The number of rotatable bonds is 3. The van der Waals surface area contributed by atoms with Gasteiger partial charge in [-0.3, -0.25) is 0 Å². The average molecular weight is 278 g/mol. The molecule has 4 nitrogen and oxygen atoms in total. The predicted octanol–water partition coefficient (Wildman–Crippen LogP) is 2.45. The molecule has 0 spiro atoms. The molecule has 19 heavy (non-hydrogen) atoms. The Balaban J connectivity index is 1.75. The van der Waals surface area contributed by atoms with Crippen molar-refractivity contribution in [2.24, 2.45) is 16.9 Å². The molecule has 2 aliphatic rings. The van der Waals surface area contributed by atoms with Crippen molar-refractivity contribution < 1.29 is 8.42 Å². The van der Waals surface area contributed by atoms with E-state index in [0.29, 0.717) is 5.92 Å². The van der Waals surface area contributed by atoms with Gasteiger partial charge in [0.25, 0.3) is 10.0 Å². The maximum atomic E-state index is 12.1. The van der Waals surface area contributed by atoms with Crippen LogP contribution in [0.5, 0.6) is 0 Å². The van der Waals surface area contributed by atoms with Crippen LogP contribution in [0.3, 0.4) is 0 Å². The molecule has 1 aromatic carbocycles. The molecule has 0 unspecified atom stereocenters. The molecule has 0 bridgehead atoms. The van der Waals surface area contributed by atoms with Gasteiger partial charge in [-0.15, -0.1) is 0 Å².